The zero-order valence-corrected chi connectivity index (χ0v) is 10.7. The van der Waals surface area contributed by atoms with Crippen LogP contribution in [0.1, 0.15) is 38.2 Å². The summed E-state index contributed by atoms with van der Waals surface area (Å²) in [6.07, 6.45) is 2.00. The first-order valence-corrected chi connectivity index (χ1v) is 6.45. The molecule has 0 N–H and O–H groups in total. The summed E-state index contributed by atoms with van der Waals surface area (Å²) in [5.41, 5.74) is 2.69. The molecule has 1 aliphatic heterocycles. The Bertz CT molecular complexity index is 392. The number of hydrogen-bond acceptors (Lipinski definition) is 2. The maximum absolute atomic E-state index is 8.88. The number of rotatable bonds is 2. The standard InChI is InChI=1S/C15H20N2/c1-12(2)14-3-5-15(6-4-14)17-9-7-13(11-16)8-10-17/h3-6,12-13H,7-10H2,1-2H3. The highest BCUT2D eigenvalue weighted by molar-refractivity contribution is 5.48. The predicted molar refractivity (Wildman–Crippen MR) is 71.1 cm³/mol. The highest BCUT2D eigenvalue weighted by Crippen LogP contribution is 2.24. The summed E-state index contributed by atoms with van der Waals surface area (Å²) in [6, 6.07) is 11.2. The second-order valence-corrected chi connectivity index (χ2v) is 5.14. The molecule has 0 spiro atoms. The zero-order valence-electron chi connectivity index (χ0n) is 10.7. The van der Waals surface area contributed by atoms with Gasteiger partial charge in [0.2, 0.25) is 0 Å². The van der Waals surface area contributed by atoms with Gasteiger partial charge in [0.15, 0.2) is 0 Å². The molecule has 0 amide bonds. The lowest BCUT2D eigenvalue weighted by Crippen LogP contribution is -2.33. The second-order valence-electron chi connectivity index (χ2n) is 5.14. The van der Waals surface area contributed by atoms with Crippen molar-refractivity contribution in [3.05, 3.63) is 29.8 Å². The summed E-state index contributed by atoms with van der Waals surface area (Å²) in [5.74, 6) is 0.856. The van der Waals surface area contributed by atoms with E-state index in [1.807, 2.05) is 0 Å². The van der Waals surface area contributed by atoms with Crippen molar-refractivity contribution in [2.45, 2.75) is 32.6 Å². The minimum Gasteiger partial charge on any atom is -0.371 e. The van der Waals surface area contributed by atoms with Crippen LogP contribution in [0.2, 0.25) is 0 Å². The van der Waals surface area contributed by atoms with Crippen LogP contribution in [0, 0.1) is 17.2 Å². The Morgan fingerprint density at radius 1 is 1.18 bits per heavy atom. The van der Waals surface area contributed by atoms with Gasteiger partial charge in [-0.2, -0.15) is 5.26 Å². The molecule has 2 heteroatoms. The summed E-state index contributed by atoms with van der Waals surface area (Å²) >= 11 is 0. The third-order valence-corrected chi connectivity index (χ3v) is 3.60. The van der Waals surface area contributed by atoms with E-state index >= 15 is 0 Å². The van der Waals surface area contributed by atoms with E-state index in [-0.39, 0.29) is 5.92 Å². The molecule has 1 fully saturated rings. The topological polar surface area (TPSA) is 27.0 Å². The fraction of sp³-hybridized carbons (Fsp3) is 0.533. The fourth-order valence-corrected chi connectivity index (χ4v) is 2.34. The molecule has 2 nitrogen and oxygen atoms in total. The van der Waals surface area contributed by atoms with Gasteiger partial charge < -0.3 is 4.90 Å². The number of anilines is 1. The van der Waals surface area contributed by atoms with Crippen molar-refractivity contribution in [2.75, 3.05) is 18.0 Å². The highest BCUT2D eigenvalue weighted by Gasteiger charge is 2.18. The second kappa shape index (κ2) is 5.23. The van der Waals surface area contributed by atoms with Crippen LogP contribution >= 0.6 is 0 Å². The fourth-order valence-electron chi connectivity index (χ4n) is 2.34. The number of hydrogen-bond donors (Lipinski definition) is 0. The zero-order chi connectivity index (χ0) is 12.3. The molecule has 1 aromatic carbocycles. The Balaban J connectivity index is 2.02. The van der Waals surface area contributed by atoms with Gasteiger partial charge in [0.25, 0.3) is 0 Å². The number of piperidine rings is 1. The summed E-state index contributed by atoms with van der Waals surface area (Å²) < 4.78 is 0. The van der Waals surface area contributed by atoms with Crippen LogP contribution in [0.15, 0.2) is 24.3 Å². The Labute approximate surface area is 104 Å². The van der Waals surface area contributed by atoms with E-state index in [1.165, 1.54) is 11.3 Å². The number of benzene rings is 1. The Morgan fingerprint density at radius 3 is 2.24 bits per heavy atom. The molecule has 0 atom stereocenters. The van der Waals surface area contributed by atoms with Crippen LogP contribution < -0.4 is 4.90 Å². The highest BCUT2D eigenvalue weighted by atomic mass is 15.1. The summed E-state index contributed by atoms with van der Waals surface area (Å²) in [6.45, 7) is 6.46. The minimum absolute atomic E-state index is 0.265. The lowest BCUT2D eigenvalue weighted by atomic mass is 9.97. The van der Waals surface area contributed by atoms with E-state index in [2.05, 4.69) is 49.1 Å². The summed E-state index contributed by atoms with van der Waals surface area (Å²) in [5, 5.41) is 8.88. The van der Waals surface area contributed by atoms with E-state index in [9.17, 15) is 0 Å². The molecular formula is C15H20N2. The minimum atomic E-state index is 0.265. The molecule has 1 aromatic rings. The summed E-state index contributed by atoms with van der Waals surface area (Å²) in [4.78, 5) is 2.39. The van der Waals surface area contributed by atoms with Crippen LogP contribution in [0.5, 0.6) is 0 Å². The first-order chi connectivity index (χ1) is 8.20. The average molecular weight is 228 g/mol. The van der Waals surface area contributed by atoms with Crippen molar-refractivity contribution in [2.24, 2.45) is 5.92 Å². The Hall–Kier alpha value is -1.49. The molecule has 90 valence electrons. The molecule has 0 aliphatic carbocycles. The predicted octanol–water partition coefficient (Wildman–Crippen LogP) is 3.55. The lowest BCUT2D eigenvalue weighted by molar-refractivity contribution is 0.488. The van der Waals surface area contributed by atoms with Gasteiger partial charge in [0.1, 0.15) is 0 Å². The third kappa shape index (κ3) is 2.79. The quantitative estimate of drug-likeness (QED) is 0.774. The van der Waals surface area contributed by atoms with Crippen molar-refractivity contribution in [1.29, 1.82) is 5.26 Å². The van der Waals surface area contributed by atoms with Crippen LogP contribution in [0.4, 0.5) is 5.69 Å². The SMILES string of the molecule is CC(C)c1ccc(N2CCC(C#N)CC2)cc1. The van der Waals surface area contributed by atoms with E-state index in [1.54, 1.807) is 0 Å². The van der Waals surface area contributed by atoms with E-state index in [0.29, 0.717) is 5.92 Å². The lowest BCUT2D eigenvalue weighted by Gasteiger charge is -2.31. The number of nitriles is 1. The molecule has 0 bridgehead atoms. The normalized spacial score (nSPS) is 17.2. The molecule has 17 heavy (non-hydrogen) atoms. The third-order valence-electron chi connectivity index (χ3n) is 3.60. The van der Waals surface area contributed by atoms with E-state index in [0.717, 1.165) is 25.9 Å². The van der Waals surface area contributed by atoms with Crippen molar-refractivity contribution in [1.82, 2.24) is 0 Å². The molecule has 1 aliphatic rings. The molecule has 0 aromatic heterocycles. The largest absolute Gasteiger partial charge is 0.371 e. The molecular weight excluding hydrogens is 208 g/mol. The first kappa shape index (κ1) is 12.0. The van der Waals surface area contributed by atoms with Crippen molar-refractivity contribution in [3.63, 3.8) is 0 Å². The molecule has 0 radical (unpaired) electrons. The molecule has 0 unspecified atom stereocenters. The van der Waals surface area contributed by atoms with E-state index in [4.69, 9.17) is 5.26 Å². The first-order valence-electron chi connectivity index (χ1n) is 6.45. The number of nitrogens with zero attached hydrogens (tertiary/aromatic N) is 2. The van der Waals surface area contributed by atoms with Gasteiger partial charge in [-0.05, 0) is 36.5 Å². The van der Waals surface area contributed by atoms with Crippen LogP contribution in [-0.4, -0.2) is 13.1 Å². The van der Waals surface area contributed by atoms with Gasteiger partial charge >= 0.3 is 0 Å². The maximum Gasteiger partial charge on any atom is 0.0657 e. The van der Waals surface area contributed by atoms with Gasteiger partial charge in [-0.3, -0.25) is 0 Å². The van der Waals surface area contributed by atoms with Crippen molar-refractivity contribution < 1.29 is 0 Å². The molecule has 2 rings (SSSR count). The van der Waals surface area contributed by atoms with Crippen molar-refractivity contribution >= 4 is 5.69 Å². The van der Waals surface area contributed by atoms with Gasteiger partial charge in [-0.25, -0.2) is 0 Å². The Kier molecular flexibility index (Phi) is 3.68. The van der Waals surface area contributed by atoms with Gasteiger partial charge in [0, 0.05) is 24.7 Å². The average Bonchev–Trinajstić information content (AvgIpc) is 2.39. The maximum atomic E-state index is 8.88. The smallest absolute Gasteiger partial charge is 0.0657 e. The van der Waals surface area contributed by atoms with Gasteiger partial charge in [-0.15, -0.1) is 0 Å². The van der Waals surface area contributed by atoms with Gasteiger partial charge in [0.05, 0.1) is 6.07 Å². The van der Waals surface area contributed by atoms with Crippen LogP contribution in [-0.2, 0) is 0 Å². The van der Waals surface area contributed by atoms with Gasteiger partial charge in [-0.1, -0.05) is 26.0 Å². The molecule has 1 heterocycles. The Morgan fingerprint density at radius 2 is 1.76 bits per heavy atom. The monoisotopic (exact) mass is 228 g/mol. The molecule has 0 saturated carbocycles. The van der Waals surface area contributed by atoms with Crippen molar-refractivity contribution in [3.8, 4) is 6.07 Å². The van der Waals surface area contributed by atoms with E-state index < -0.39 is 0 Å². The molecule has 1 saturated heterocycles. The van der Waals surface area contributed by atoms with Crippen LogP contribution in [0.25, 0.3) is 0 Å². The van der Waals surface area contributed by atoms with Crippen LogP contribution in [0.3, 0.4) is 0 Å². The summed E-state index contributed by atoms with van der Waals surface area (Å²) in [7, 11) is 0.